The van der Waals surface area contributed by atoms with Crippen LogP contribution >= 0.6 is 0 Å². The molecule has 0 radical (unpaired) electrons. The molecule has 1 aliphatic carbocycles. The second kappa shape index (κ2) is 9.21. The molecule has 2 atom stereocenters. The molecule has 2 aromatic rings. The third-order valence-corrected chi connectivity index (χ3v) is 6.30. The summed E-state index contributed by atoms with van der Waals surface area (Å²) in [6.45, 7) is 5.02. The van der Waals surface area contributed by atoms with Crippen molar-refractivity contribution in [1.82, 2.24) is 5.32 Å². The van der Waals surface area contributed by atoms with Crippen LogP contribution in [0.5, 0.6) is 5.75 Å². The minimum atomic E-state index is -1.12. The second-order valence-corrected chi connectivity index (χ2v) is 9.73. The highest BCUT2D eigenvalue weighted by molar-refractivity contribution is 7.84. The van der Waals surface area contributed by atoms with E-state index in [-0.39, 0.29) is 12.1 Å². The van der Waals surface area contributed by atoms with Gasteiger partial charge in [-0.05, 0) is 62.3 Å². The molecule has 0 aliphatic heterocycles. The Hall–Kier alpha value is -1.69. The first kappa shape index (κ1) is 21.0. The Morgan fingerprint density at radius 2 is 1.75 bits per heavy atom. The van der Waals surface area contributed by atoms with Gasteiger partial charge in [-0.3, -0.25) is 4.21 Å². The summed E-state index contributed by atoms with van der Waals surface area (Å²) < 4.78 is 17.5. The molecule has 1 unspecified atom stereocenters. The van der Waals surface area contributed by atoms with Crippen LogP contribution in [0, 0.1) is 5.92 Å². The van der Waals surface area contributed by atoms with Gasteiger partial charge in [0.25, 0.3) is 0 Å². The van der Waals surface area contributed by atoms with Gasteiger partial charge in [-0.15, -0.1) is 0 Å². The number of nitrogens with one attached hydrogen (secondary N) is 1. The average Bonchev–Trinajstić information content (AvgIpc) is 3.06. The Balaban J connectivity index is 1.45. The molecule has 5 heteroatoms. The van der Waals surface area contributed by atoms with Gasteiger partial charge in [0.2, 0.25) is 0 Å². The zero-order valence-corrected chi connectivity index (χ0v) is 17.8. The number of β-amino-alcohol motifs (C(OH)–C–C–N with tert-alkyl or cyclic N) is 1. The van der Waals surface area contributed by atoms with E-state index in [0.29, 0.717) is 23.1 Å². The summed E-state index contributed by atoms with van der Waals surface area (Å²) >= 11 is 0. The quantitative estimate of drug-likeness (QED) is 0.677. The number of fused-ring (bicyclic) bond motifs is 1. The molecular formula is C23H31NO3S. The zero-order valence-electron chi connectivity index (χ0n) is 17.0. The van der Waals surface area contributed by atoms with Crippen molar-refractivity contribution in [3.8, 4) is 5.75 Å². The predicted molar refractivity (Wildman–Crippen MR) is 114 cm³/mol. The maximum atomic E-state index is 11.8. The number of para-hydroxylation sites is 1. The molecule has 2 N–H and O–H groups in total. The summed E-state index contributed by atoms with van der Waals surface area (Å²) in [5, 5.41) is 13.8. The lowest BCUT2D eigenvalue weighted by Gasteiger charge is -2.30. The molecule has 28 heavy (non-hydrogen) atoms. The van der Waals surface area contributed by atoms with Crippen molar-refractivity contribution in [2.75, 3.05) is 19.4 Å². The van der Waals surface area contributed by atoms with Crippen LogP contribution in [0.1, 0.15) is 31.4 Å². The highest BCUT2D eigenvalue weighted by Gasteiger charge is 2.28. The highest BCUT2D eigenvalue weighted by atomic mass is 32.2. The number of aliphatic hydroxyl groups excluding tert-OH is 1. The van der Waals surface area contributed by atoms with Gasteiger partial charge in [-0.2, -0.15) is 0 Å². The Labute approximate surface area is 170 Å². The summed E-state index contributed by atoms with van der Waals surface area (Å²) in [4.78, 5) is 0.656. The van der Waals surface area contributed by atoms with Crippen LogP contribution in [0.3, 0.4) is 0 Å². The van der Waals surface area contributed by atoms with Crippen LogP contribution in [-0.4, -0.2) is 40.4 Å². The number of aliphatic hydroxyl groups is 1. The van der Waals surface area contributed by atoms with E-state index in [1.54, 1.807) is 18.4 Å². The third-order valence-electron chi connectivity index (χ3n) is 5.34. The van der Waals surface area contributed by atoms with Gasteiger partial charge in [-0.1, -0.05) is 36.4 Å². The van der Waals surface area contributed by atoms with Crippen molar-refractivity contribution in [1.29, 1.82) is 0 Å². The molecule has 2 aromatic carbocycles. The number of rotatable bonds is 9. The summed E-state index contributed by atoms with van der Waals surface area (Å²) in [5.41, 5.74) is 2.89. The maximum absolute atomic E-state index is 11.8. The van der Waals surface area contributed by atoms with E-state index in [0.717, 1.165) is 19.3 Å². The zero-order chi connectivity index (χ0) is 20.1. The third kappa shape index (κ3) is 5.66. The molecule has 3 rings (SSSR count). The van der Waals surface area contributed by atoms with Gasteiger partial charge in [0.05, 0.1) is 15.7 Å². The Morgan fingerprint density at radius 1 is 1.14 bits per heavy atom. The average molecular weight is 402 g/mol. The largest absolute Gasteiger partial charge is 0.490 e. The molecule has 4 nitrogen and oxygen atoms in total. The van der Waals surface area contributed by atoms with Crippen LogP contribution in [0.4, 0.5) is 0 Å². The smallest absolute Gasteiger partial charge is 0.135 e. The Kier molecular flexibility index (Phi) is 6.91. The lowest BCUT2D eigenvalue weighted by atomic mass is 9.88. The van der Waals surface area contributed by atoms with Crippen molar-refractivity contribution in [3.05, 3.63) is 59.7 Å². The molecule has 0 spiro atoms. The van der Waals surface area contributed by atoms with Gasteiger partial charge >= 0.3 is 0 Å². The highest BCUT2D eigenvalue weighted by Crippen LogP contribution is 2.31. The van der Waals surface area contributed by atoms with Crippen molar-refractivity contribution < 1.29 is 14.1 Å². The molecular weight excluding hydrogens is 370 g/mol. The summed E-state index contributed by atoms with van der Waals surface area (Å²) in [5.74, 6) is 1.21. The summed E-state index contributed by atoms with van der Waals surface area (Å²) in [7, 11) is -1.12. The van der Waals surface area contributed by atoms with Gasteiger partial charge in [0, 0.05) is 18.3 Å². The molecule has 152 valence electrons. The molecule has 0 bridgehead atoms. The van der Waals surface area contributed by atoms with Crippen molar-refractivity contribution in [2.45, 2.75) is 49.6 Å². The lowest BCUT2D eigenvalue weighted by Crippen LogP contribution is -2.46. The first-order valence-corrected chi connectivity index (χ1v) is 11.4. The fraction of sp³-hybridized carbons (Fsp3) is 0.478. The standard InChI is InChI=1S/C23H31NO3S/c1-23(2,14-17-12-18-8-4-5-9-19(18)13-17)24-15-20(25)16-27-21-10-6-7-11-22(21)28(3)26/h4-11,17,20,24-25H,12-16H2,1-3H3/t20?,28-/m1/s1. The number of hydrogen-bond acceptors (Lipinski definition) is 4. The van der Waals surface area contributed by atoms with E-state index in [4.69, 9.17) is 4.74 Å². The van der Waals surface area contributed by atoms with Crippen molar-refractivity contribution in [2.24, 2.45) is 5.92 Å². The van der Waals surface area contributed by atoms with E-state index >= 15 is 0 Å². The van der Waals surface area contributed by atoms with Crippen molar-refractivity contribution >= 4 is 10.8 Å². The van der Waals surface area contributed by atoms with Crippen LogP contribution < -0.4 is 10.1 Å². The normalized spacial score (nSPS) is 16.6. The van der Waals surface area contributed by atoms with Crippen LogP contribution in [-0.2, 0) is 23.6 Å². The first-order valence-electron chi connectivity index (χ1n) is 9.89. The Morgan fingerprint density at radius 3 is 2.39 bits per heavy atom. The molecule has 0 saturated carbocycles. The van der Waals surface area contributed by atoms with Gasteiger partial charge in [-0.25, -0.2) is 0 Å². The second-order valence-electron chi connectivity index (χ2n) is 8.38. The fourth-order valence-corrected chi connectivity index (χ4v) is 4.71. The number of ether oxygens (including phenoxy) is 1. The fourth-order valence-electron chi connectivity index (χ4n) is 4.03. The predicted octanol–water partition coefficient (Wildman–Crippen LogP) is 3.34. The molecule has 1 aliphatic rings. The molecule has 0 saturated heterocycles. The van der Waals surface area contributed by atoms with Crippen LogP contribution in [0.25, 0.3) is 0 Å². The maximum Gasteiger partial charge on any atom is 0.135 e. The van der Waals surface area contributed by atoms with Gasteiger partial charge in [0.15, 0.2) is 0 Å². The molecule has 0 heterocycles. The first-order chi connectivity index (χ1) is 13.3. The minimum Gasteiger partial charge on any atom is -0.490 e. The van der Waals surface area contributed by atoms with Crippen LogP contribution in [0.15, 0.2) is 53.4 Å². The molecule has 0 aromatic heterocycles. The van der Waals surface area contributed by atoms with Gasteiger partial charge in [0.1, 0.15) is 18.5 Å². The van der Waals surface area contributed by atoms with E-state index in [1.807, 2.05) is 12.1 Å². The number of hydrogen-bond donors (Lipinski definition) is 2. The van der Waals surface area contributed by atoms with E-state index in [9.17, 15) is 9.32 Å². The summed E-state index contributed by atoms with van der Waals surface area (Å²) in [6.07, 6.45) is 4.34. The van der Waals surface area contributed by atoms with Crippen molar-refractivity contribution in [3.63, 3.8) is 0 Å². The topological polar surface area (TPSA) is 58.6 Å². The van der Waals surface area contributed by atoms with E-state index in [1.165, 1.54) is 11.1 Å². The van der Waals surface area contributed by atoms with Gasteiger partial charge < -0.3 is 15.2 Å². The van der Waals surface area contributed by atoms with E-state index < -0.39 is 16.9 Å². The van der Waals surface area contributed by atoms with E-state index in [2.05, 4.69) is 43.4 Å². The number of benzene rings is 2. The minimum absolute atomic E-state index is 0.0590. The monoisotopic (exact) mass is 401 g/mol. The molecule has 0 fully saturated rings. The lowest BCUT2D eigenvalue weighted by molar-refractivity contribution is 0.0953. The molecule has 0 amide bonds. The SMILES string of the molecule is C[S@@](=O)c1ccccc1OCC(O)CNC(C)(C)CC1Cc2ccccc2C1. The Bertz CT molecular complexity index is 796. The summed E-state index contributed by atoms with van der Waals surface area (Å²) in [6, 6.07) is 16.0. The van der Waals surface area contributed by atoms with Crippen LogP contribution in [0.2, 0.25) is 0 Å².